The zero-order valence-corrected chi connectivity index (χ0v) is 31.6. The van der Waals surface area contributed by atoms with Gasteiger partial charge in [0.05, 0.1) is 0 Å². The largest absolute Gasteiger partial charge is 0.135 e. The van der Waals surface area contributed by atoms with Gasteiger partial charge < -0.3 is 0 Å². The van der Waals surface area contributed by atoms with Gasteiger partial charge in [-0.15, -0.1) is 11.3 Å². The Morgan fingerprint density at radius 1 is 0.268 bits per heavy atom. The molecule has 0 radical (unpaired) electrons. The van der Waals surface area contributed by atoms with Crippen molar-refractivity contribution in [1.82, 2.24) is 0 Å². The zero-order chi connectivity index (χ0) is 37.0. The molecule has 0 saturated carbocycles. The molecule has 0 bridgehead atoms. The van der Waals surface area contributed by atoms with Crippen LogP contribution in [0.15, 0.2) is 206 Å². The number of rotatable bonds is 6. The van der Waals surface area contributed by atoms with Crippen LogP contribution in [0.1, 0.15) is 11.1 Å². The molecule has 1 heterocycles. The summed E-state index contributed by atoms with van der Waals surface area (Å²) in [6.07, 6.45) is 0.909. The minimum Gasteiger partial charge on any atom is -0.135 e. The molecule has 1 aliphatic rings. The van der Waals surface area contributed by atoms with Crippen molar-refractivity contribution in [2.45, 2.75) is 6.42 Å². The molecule has 0 spiro atoms. The Morgan fingerprint density at radius 2 is 0.661 bits per heavy atom. The Morgan fingerprint density at radius 3 is 1.29 bits per heavy atom. The fraction of sp³-hybridized carbons (Fsp3) is 0.0182. The Bertz CT molecular complexity index is 3090. The van der Waals surface area contributed by atoms with Gasteiger partial charge >= 0.3 is 0 Å². The van der Waals surface area contributed by atoms with Crippen molar-refractivity contribution in [2.24, 2.45) is 0 Å². The third kappa shape index (κ3) is 5.59. The molecule has 1 aliphatic carbocycles. The second kappa shape index (κ2) is 13.5. The predicted molar refractivity (Wildman–Crippen MR) is 240 cm³/mol. The first-order valence-electron chi connectivity index (χ1n) is 19.4. The predicted octanol–water partition coefficient (Wildman–Crippen LogP) is 15.6. The van der Waals surface area contributed by atoms with Crippen molar-refractivity contribution in [3.05, 3.63) is 217 Å². The monoisotopic (exact) mass is 728 g/mol. The second-order valence-electron chi connectivity index (χ2n) is 14.8. The summed E-state index contributed by atoms with van der Waals surface area (Å²) in [5.41, 5.74) is 20.6. The minimum atomic E-state index is 0.909. The Kier molecular flexibility index (Phi) is 7.86. The first-order valence-corrected chi connectivity index (χ1v) is 20.2. The van der Waals surface area contributed by atoms with E-state index in [1.54, 1.807) is 0 Å². The highest BCUT2D eigenvalue weighted by atomic mass is 32.1. The number of fused-ring (bicyclic) bond motifs is 6. The van der Waals surface area contributed by atoms with Crippen LogP contribution < -0.4 is 0 Å². The lowest BCUT2D eigenvalue weighted by atomic mass is 9.92. The van der Waals surface area contributed by atoms with Crippen molar-refractivity contribution in [3.8, 4) is 77.9 Å². The molecule has 0 atom stereocenters. The number of benzene rings is 9. The van der Waals surface area contributed by atoms with Gasteiger partial charge in [0.1, 0.15) is 0 Å². The van der Waals surface area contributed by atoms with Crippen LogP contribution >= 0.6 is 11.3 Å². The highest BCUT2D eigenvalue weighted by Crippen LogP contribution is 2.46. The van der Waals surface area contributed by atoms with Crippen LogP contribution in [0, 0.1) is 0 Å². The maximum atomic E-state index is 2.38. The standard InChI is InChI=1S/C55H36S/c1-2-12-36(13-3-1)37-28-30-38(31-29-37)39-14-6-17-42(32-39)45-21-9-24-48-49-25-10-22-46(53(49)35-52(45)48)43-18-7-15-40(33-43)41-16-8-19-44(34-41)47-23-11-26-51-50-20-4-5-27-54(50)56-55(47)51/h1-34H,35H2. The quantitative estimate of drug-likeness (QED) is 0.160. The molecule has 9 aromatic carbocycles. The van der Waals surface area contributed by atoms with Crippen LogP contribution in [0.3, 0.4) is 0 Å². The lowest BCUT2D eigenvalue weighted by Crippen LogP contribution is -1.91. The van der Waals surface area contributed by atoms with Crippen molar-refractivity contribution in [3.63, 3.8) is 0 Å². The minimum absolute atomic E-state index is 0.909. The molecule has 0 amide bonds. The molecule has 10 aromatic rings. The summed E-state index contributed by atoms with van der Waals surface area (Å²) < 4.78 is 2.68. The van der Waals surface area contributed by atoms with E-state index >= 15 is 0 Å². The van der Waals surface area contributed by atoms with Gasteiger partial charge in [-0.1, -0.05) is 182 Å². The molecule has 1 heteroatoms. The smallest absolute Gasteiger partial charge is 0.0433 e. The van der Waals surface area contributed by atoms with Gasteiger partial charge in [-0.2, -0.15) is 0 Å². The average Bonchev–Trinajstić information content (AvgIpc) is 3.86. The fourth-order valence-electron chi connectivity index (χ4n) is 8.84. The van der Waals surface area contributed by atoms with Gasteiger partial charge in [-0.3, -0.25) is 0 Å². The van der Waals surface area contributed by atoms with E-state index in [0.717, 1.165) is 6.42 Å². The molecule has 0 N–H and O–H groups in total. The van der Waals surface area contributed by atoms with Gasteiger partial charge in [-0.05, 0) is 120 Å². The lowest BCUT2D eigenvalue weighted by molar-refractivity contribution is 1.26. The molecule has 0 fully saturated rings. The van der Waals surface area contributed by atoms with Gasteiger partial charge in [-0.25, -0.2) is 0 Å². The molecule has 262 valence electrons. The lowest BCUT2D eigenvalue weighted by Gasteiger charge is -2.12. The van der Waals surface area contributed by atoms with Gasteiger partial charge in [0.2, 0.25) is 0 Å². The SMILES string of the molecule is c1ccc(-c2ccc(-c3cccc(-c4cccc5c4Cc4c(-c6cccc(-c7cccc(-c8cccc9c8sc8ccccc89)c7)c6)cccc4-5)c3)cc2)cc1. The maximum absolute atomic E-state index is 2.38. The van der Waals surface area contributed by atoms with E-state index in [1.165, 1.54) is 109 Å². The second-order valence-corrected chi connectivity index (χ2v) is 15.9. The first kappa shape index (κ1) is 32.6. The molecule has 0 saturated heterocycles. The molecule has 56 heavy (non-hydrogen) atoms. The van der Waals surface area contributed by atoms with Crippen LogP contribution in [0.4, 0.5) is 0 Å². The summed E-state index contributed by atoms with van der Waals surface area (Å²) in [4.78, 5) is 0. The van der Waals surface area contributed by atoms with Crippen LogP contribution in [0.2, 0.25) is 0 Å². The van der Waals surface area contributed by atoms with Crippen molar-refractivity contribution in [1.29, 1.82) is 0 Å². The van der Waals surface area contributed by atoms with Gasteiger partial charge in [0.25, 0.3) is 0 Å². The summed E-state index contributed by atoms with van der Waals surface area (Å²) >= 11 is 1.89. The molecule has 0 nitrogen and oxygen atoms in total. The normalized spacial score (nSPS) is 11.9. The maximum Gasteiger partial charge on any atom is 0.0433 e. The Hall–Kier alpha value is -6.80. The molecule has 0 aliphatic heterocycles. The van der Waals surface area contributed by atoms with Crippen LogP contribution in [-0.4, -0.2) is 0 Å². The van der Waals surface area contributed by atoms with E-state index in [2.05, 4.69) is 206 Å². The molecular weight excluding hydrogens is 693 g/mol. The number of hydrogen-bond acceptors (Lipinski definition) is 1. The van der Waals surface area contributed by atoms with Crippen LogP contribution in [0.25, 0.3) is 98.1 Å². The highest BCUT2D eigenvalue weighted by Gasteiger charge is 2.24. The average molecular weight is 729 g/mol. The Labute approximate surface area is 331 Å². The summed E-state index contributed by atoms with van der Waals surface area (Å²) in [5.74, 6) is 0. The van der Waals surface area contributed by atoms with Crippen LogP contribution in [0.5, 0.6) is 0 Å². The zero-order valence-electron chi connectivity index (χ0n) is 30.7. The third-order valence-corrected chi connectivity index (χ3v) is 12.8. The number of thiophene rings is 1. The highest BCUT2D eigenvalue weighted by molar-refractivity contribution is 7.26. The first-order chi connectivity index (χ1) is 27.7. The fourth-order valence-corrected chi connectivity index (χ4v) is 10.1. The van der Waals surface area contributed by atoms with E-state index in [-0.39, 0.29) is 0 Å². The van der Waals surface area contributed by atoms with E-state index in [0.29, 0.717) is 0 Å². The van der Waals surface area contributed by atoms with Crippen LogP contribution in [-0.2, 0) is 6.42 Å². The van der Waals surface area contributed by atoms with E-state index in [1.807, 2.05) is 11.3 Å². The molecule has 1 aromatic heterocycles. The van der Waals surface area contributed by atoms with Crippen molar-refractivity contribution in [2.75, 3.05) is 0 Å². The van der Waals surface area contributed by atoms with E-state index in [4.69, 9.17) is 0 Å². The Balaban J connectivity index is 0.918. The molecule has 11 rings (SSSR count). The summed E-state index contributed by atoms with van der Waals surface area (Å²) in [6.45, 7) is 0. The summed E-state index contributed by atoms with van der Waals surface area (Å²) in [6, 6.07) is 75.9. The molecule has 0 unspecified atom stereocenters. The van der Waals surface area contributed by atoms with Gasteiger partial charge in [0.15, 0.2) is 0 Å². The third-order valence-electron chi connectivity index (χ3n) is 11.6. The summed E-state index contributed by atoms with van der Waals surface area (Å²) in [5, 5.41) is 2.67. The van der Waals surface area contributed by atoms with E-state index in [9.17, 15) is 0 Å². The van der Waals surface area contributed by atoms with Gasteiger partial charge in [0, 0.05) is 20.2 Å². The number of hydrogen-bond donors (Lipinski definition) is 0. The van der Waals surface area contributed by atoms with Crippen molar-refractivity contribution >= 4 is 31.5 Å². The van der Waals surface area contributed by atoms with Crippen molar-refractivity contribution < 1.29 is 0 Å². The summed E-state index contributed by atoms with van der Waals surface area (Å²) in [7, 11) is 0. The van der Waals surface area contributed by atoms with E-state index < -0.39 is 0 Å². The topological polar surface area (TPSA) is 0 Å². The molecular formula is C55H36S.